The molecular weight excluding hydrogens is 434 g/mol. The Morgan fingerprint density at radius 1 is 1.12 bits per heavy atom. The molecule has 3 heterocycles. The van der Waals surface area contributed by atoms with Crippen molar-refractivity contribution < 1.29 is 14.3 Å². The lowest BCUT2D eigenvalue weighted by atomic mass is 9.97. The summed E-state index contributed by atoms with van der Waals surface area (Å²) in [6.07, 6.45) is 3.08. The van der Waals surface area contributed by atoms with E-state index in [2.05, 4.69) is 15.4 Å². The van der Waals surface area contributed by atoms with Crippen LogP contribution in [0.4, 0.5) is 5.82 Å². The number of hydrogen-bond donors (Lipinski definition) is 1. The van der Waals surface area contributed by atoms with Gasteiger partial charge >= 0.3 is 0 Å². The lowest BCUT2D eigenvalue weighted by molar-refractivity contribution is -0.121. The van der Waals surface area contributed by atoms with Crippen LogP contribution in [0.15, 0.2) is 65.6 Å². The Balaban J connectivity index is 1.37. The van der Waals surface area contributed by atoms with Crippen LogP contribution in [-0.2, 0) is 11.3 Å². The highest BCUT2D eigenvalue weighted by molar-refractivity contribution is 5.94. The van der Waals surface area contributed by atoms with Gasteiger partial charge in [-0.1, -0.05) is 24.3 Å². The molecule has 1 unspecified atom stereocenters. The van der Waals surface area contributed by atoms with Gasteiger partial charge in [0.1, 0.15) is 23.9 Å². The third-order valence-electron chi connectivity index (χ3n) is 5.64. The summed E-state index contributed by atoms with van der Waals surface area (Å²) in [6, 6.07) is 15.7. The van der Waals surface area contributed by atoms with Crippen molar-refractivity contribution in [3.05, 3.63) is 82.4 Å². The van der Waals surface area contributed by atoms with Gasteiger partial charge in [-0.15, -0.1) is 0 Å². The maximum absolute atomic E-state index is 13.1. The Hall–Kier alpha value is -4.01. The lowest BCUT2D eigenvalue weighted by Gasteiger charge is -2.31. The standard InChI is InChI=1S/C25H27N5O4/c1-18-9-11-22(26-16-18)27-24(32)19-6-5-13-29(17-19)25(33)21-10-12-23(31)30(28-21)14-15-34-20-7-3-2-4-8-20/h2-4,7-12,16,19H,5-6,13-15,17H2,1H3,(H,26,27,32). The van der Waals surface area contributed by atoms with Gasteiger partial charge in [0.25, 0.3) is 11.5 Å². The number of nitrogens with zero attached hydrogens (tertiary/aromatic N) is 4. The van der Waals surface area contributed by atoms with Crippen LogP contribution < -0.4 is 15.6 Å². The van der Waals surface area contributed by atoms with Crippen LogP contribution in [0.5, 0.6) is 5.75 Å². The number of pyridine rings is 1. The van der Waals surface area contributed by atoms with Crippen molar-refractivity contribution >= 4 is 17.6 Å². The lowest BCUT2D eigenvalue weighted by Crippen LogP contribution is -2.44. The van der Waals surface area contributed by atoms with E-state index in [9.17, 15) is 14.4 Å². The van der Waals surface area contributed by atoms with Gasteiger partial charge in [0.15, 0.2) is 0 Å². The molecule has 2 aromatic heterocycles. The van der Waals surface area contributed by atoms with E-state index in [1.165, 1.54) is 16.8 Å². The number of aryl methyl sites for hydroxylation is 1. The SMILES string of the molecule is Cc1ccc(NC(=O)C2CCCN(C(=O)c3ccc(=O)n(CCOc4ccccc4)n3)C2)nc1. The zero-order valence-corrected chi connectivity index (χ0v) is 19.0. The normalized spacial score (nSPS) is 15.6. The Bertz CT molecular complexity index is 1190. The Morgan fingerprint density at radius 2 is 1.94 bits per heavy atom. The Morgan fingerprint density at radius 3 is 2.71 bits per heavy atom. The van der Waals surface area contributed by atoms with Crippen LogP contribution in [0.3, 0.4) is 0 Å². The molecule has 0 bridgehead atoms. The molecule has 1 aliphatic heterocycles. The van der Waals surface area contributed by atoms with Crippen molar-refractivity contribution in [2.24, 2.45) is 5.92 Å². The third kappa shape index (κ3) is 5.86. The van der Waals surface area contributed by atoms with Gasteiger partial charge in [0.05, 0.1) is 12.5 Å². The summed E-state index contributed by atoms with van der Waals surface area (Å²) in [7, 11) is 0. The largest absolute Gasteiger partial charge is 0.492 e. The van der Waals surface area contributed by atoms with E-state index < -0.39 is 0 Å². The average molecular weight is 462 g/mol. The second kappa shape index (κ2) is 10.7. The molecule has 4 rings (SSSR count). The number of nitrogens with one attached hydrogen (secondary N) is 1. The van der Waals surface area contributed by atoms with Crippen LogP contribution in [-0.4, -0.2) is 51.2 Å². The molecule has 0 radical (unpaired) electrons. The molecule has 0 spiro atoms. The smallest absolute Gasteiger partial charge is 0.274 e. The molecule has 1 aromatic carbocycles. The molecule has 0 saturated carbocycles. The highest BCUT2D eigenvalue weighted by Gasteiger charge is 2.30. The number of hydrogen-bond acceptors (Lipinski definition) is 6. The number of benzene rings is 1. The number of rotatable bonds is 7. The molecule has 2 amide bonds. The van der Waals surface area contributed by atoms with Crippen LogP contribution in [0.25, 0.3) is 0 Å². The fourth-order valence-corrected chi connectivity index (χ4v) is 3.80. The summed E-state index contributed by atoms with van der Waals surface area (Å²) in [5.74, 6) is 0.381. The van der Waals surface area contributed by atoms with E-state index >= 15 is 0 Å². The Kier molecular flexibility index (Phi) is 7.31. The van der Waals surface area contributed by atoms with Gasteiger partial charge < -0.3 is 15.0 Å². The molecule has 1 N–H and O–H groups in total. The van der Waals surface area contributed by atoms with E-state index in [-0.39, 0.29) is 48.7 Å². The van der Waals surface area contributed by atoms with E-state index in [4.69, 9.17) is 4.74 Å². The number of anilines is 1. The summed E-state index contributed by atoms with van der Waals surface area (Å²) in [5, 5.41) is 7.08. The maximum atomic E-state index is 13.1. The minimum atomic E-state index is -0.342. The van der Waals surface area contributed by atoms with Crippen molar-refractivity contribution in [3.8, 4) is 5.75 Å². The highest BCUT2D eigenvalue weighted by Crippen LogP contribution is 2.20. The zero-order chi connectivity index (χ0) is 23.9. The maximum Gasteiger partial charge on any atom is 0.274 e. The summed E-state index contributed by atoms with van der Waals surface area (Å²) in [5.41, 5.74) is 0.864. The fraction of sp³-hybridized carbons (Fsp3) is 0.320. The minimum Gasteiger partial charge on any atom is -0.492 e. The highest BCUT2D eigenvalue weighted by atomic mass is 16.5. The van der Waals surface area contributed by atoms with Gasteiger partial charge in [-0.25, -0.2) is 9.67 Å². The quantitative estimate of drug-likeness (QED) is 0.580. The minimum absolute atomic E-state index is 0.162. The topological polar surface area (TPSA) is 106 Å². The van der Waals surface area contributed by atoms with Crippen LogP contribution in [0.2, 0.25) is 0 Å². The predicted octanol–water partition coefficient (Wildman–Crippen LogP) is 2.52. The number of ether oxygens (including phenoxy) is 1. The van der Waals surface area contributed by atoms with Crippen molar-refractivity contribution in [3.63, 3.8) is 0 Å². The molecule has 1 aliphatic rings. The molecule has 0 aliphatic carbocycles. The fourth-order valence-electron chi connectivity index (χ4n) is 3.80. The van der Waals surface area contributed by atoms with Crippen LogP contribution in [0.1, 0.15) is 28.9 Å². The summed E-state index contributed by atoms with van der Waals surface area (Å²) in [6.45, 7) is 3.20. The molecule has 1 saturated heterocycles. The summed E-state index contributed by atoms with van der Waals surface area (Å²) < 4.78 is 6.86. The first-order valence-corrected chi connectivity index (χ1v) is 11.3. The van der Waals surface area contributed by atoms with Gasteiger partial charge in [-0.05, 0) is 49.6 Å². The molecule has 9 nitrogen and oxygen atoms in total. The number of piperidine rings is 1. The predicted molar refractivity (Wildman–Crippen MR) is 127 cm³/mol. The number of carbonyl (C=O) groups is 2. The molecular formula is C25H27N5O4. The molecule has 3 aromatic rings. The van der Waals surface area contributed by atoms with Gasteiger partial charge in [-0.3, -0.25) is 14.4 Å². The van der Waals surface area contributed by atoms with Gasteiger partial charge in [0, 0.05) is 25.4 Å². The van der Waals surface area contributed by atoms with E-state index in [1.54, 1.807) is 17.2 Å². The van der Waals surface area contributed by atoms with Crippen LogP contribution in [0, 0.1) is 12.8 Å². The van der Waals surface area contributed by atoms with Crippen molar-refractivity contribution in [1.29, 1.82) is 0 Å². The zero-order valence-electron chi connectivity index (χ0n) is 19.0. The number of para-hydroxylation sites is 1. The molecule has 9 heteroatoms. The number of aromatic nitrogens is 3. The molecule has 1 fully saturated rings. The summed E-state index contributed by atoms with van der Waals surface area (Å²) in [4.78, 5) is 43.9. The first-order valence-electron chi connectivity index (χ1n) is 11.3. The summed E-state index contributed by atoms with van der Waals surface area (Å²) >= 11 is 0. The second-order valence-electron chi connectivity index (χ2n) is 8.24. The number of carbonyl (C=O) groups excluding carboxylic acids is 2. The average Bonchev–Trinajstić information content (AvgIpc) is 2.87. The van der Waals surface area contributed by atoms with Gasteiger partial charge in [0.2, 0.25) is 5.91 Å². The molecule has 176 valence electrons. The van der Waals surface area contributed by atoms with E-state index in [1.807, 2.05) is 43.3 Å². The van der Waals surface area contributed by atoms with E-state index in [0.717, 1.165) is 5.56 Å². The third-order valence-corrected chi connectivity index (χ3v) is 5.64. The second-order valence-corrected chi connectivity index (χ2v) is 8.24. The molecule has 34 heavy (non-hydrogen) atoms. The van der Waals surface area contributed by atoms with Gasteiger partial charge in [-0.2, -0.15) is 5.10 Å². The van der Waals surface area contributed by atoms with Crippen LogP contribution >= 0.6 is 0 Å². The van der Waals surface area contributed by atoms with E-state index in [0.29, 0.717) is 31.0 Å². The Labute approximate surface area is 197 Å². The first kappa shape index (κ1) is 23.2. The van der Waals surface area contributed by atoms with Crippen molar-refractivity contribution in [1.82, 2.24) is 19.7 Å². The first-order chi connectivity index (χ1) is 16.5. The molecule has 1 atom stereocenters. The number of likely N-dealkylation sites (tertiary alicyclic amines) is 1. The van der Waals surface area contributed by atoms with Crippen molar-refractivity contribution in [2.45, 2.75) is 26.3 Å². The number of amides is 2. The monoisotopic (exact) mass is 461 g/mol. The van der Waals surface area contributed by atoms with Crippen molar-refractivity contribution in [2.75, 3.05) is 25.0 Å².